The maximum Gasteiger partial charge on any atom is 0.343 e. The molecule has 1 aromatic heterocycles. The van der Waals surface area contributed by atoms with Crippen molar-refractivity contribution in [1.29, 1.82) is 0 Å². The Morgan fingerprint density at radius 1 is 1.08 bits per heavy atom. The van der Waals surface area contributed by atoms with Crippen molar-refractivity contribution in [3.8, 4) is 34.5 Å². The van der Waals surface area contributed by atoms with Crippen LogP contribution in [-0.2, 0) is 11.2 Å². The summed E-state index contributed by atoms with van der Waals surface area (Å²) in [5.74, 6) is -0.0216. The molecule has 2 heterocycles. The molecule has 3 aromatic rings. The molecule has 0 unspecified atom stereocenters. The first-order valence-electron chi connectivity index (χ1n) is 11.2. The molecule has 0 aliphatic carbocycles. The van der Waals surface area contributed by atoms with Crippen molar-refractivity contribution in [3.63, 3.8) is 0 Å². The number of nitrogens with one attached hydrogen (secondary N) is 1. The summed E-state index contributed by atoms with van der Waals surface area (Å²) in [5, 5.41) is 23.0. The Morgan fingerprint density at radius 2 is 1.81 bits per heavy atom. The molecule has 10 heteroatoms. The molecule has 10 nitrogen and oxygen atoms in total. The molecule has 1 aliphatic heterocycles. The first kappa shape index (κ1) is 24.8. The lowest BCUT2D eigenvalue weighted by Gasteiger charge is -2.22. The zero-order chi connectivity index (χ0) is 25.8. The van der Waals surface area contributed by atoms with Crippen molar-refractivity contribution < 1.29 is 38.4 Å². The average molecular weight is 498 g/mol. The van der Waals surface area contributed by atoms with Crippen LogP contribution in [0.25, 0.3) is 0 Å². The first-order valence-corrected chi connectivity index (χ1v) is 11.2. The Morgan fingerprint density at radius 3 is 2.47 bits per heavy atom. The topological polar surface area (TPSA) is 137 Å². The number of benzene rings is 2. The number of hydrogen-bond acceptors (Lipinski definition) is 9. The number of hydrogen-bond donors (Lipinski definition) is 3. The van der Waals surface area contributed by atoms with Gasteiger partial charge in [-0.1, -0.05) is 12.1 Å². The fourth-order valence-electron chi connectivity index (χ4n) is 4.21. The van der Waals surface area contributed by atoms with Crippen molar-refractivity contribution in [2.75, 3.05) is 27.6 Å². The lowest BCUT2D eigenvalue weighted by molar-refractivity contribution is -0.121. The van der Waals surface area contributed by atoms with Crippen LogP contribution in [0.3, 0.4) is 0 Å². The summed E-state index contributed by atoms with van der Waals surface area (Å²) in [6.07, 6.45) is 0.339. The van der Waals surface area contributed by atoms with E-state index < -0.39 is 11.5 Å². The van der Waals surface area contributed by atoms with Gasteiger partial charge in [-0.2, -0.15) is 0 Å². The van der Waals surface area contributed by atoms with Gasteiger partial charge < -0.3 is 38.9 Å². The highest BCUT2D eigenvalue weighted by Crippen LogP contribution is 2.52. The summed E-state index contributed by atoms with van der Waals surface area (Å²) in [4.78, 5) is 25.9. The number of carbonyl (C=O) groups is 1. The minimum Gasteiger partial charge on any atom is -0.508 e. The number of ether oxygens (including phenoxy) is 4. The van der Waals surface area contributed by atoms with Crippen LogP contribution in [-0.4, -0.2) is 43.7 Å². The standard InChI is InChI=1S/C26H27NO9/c1-14-10-19(29)22(26(31)36-14)17(12-21(30)27-9-8-15-4-6-16(28)7-5-15)18-11-20(32-2)24-25(23(18)33-3)35-13-34-24/h4-7,10-11,17,28-29H,8-9,12-13H2,1-3H3,(H,27,30)/t17-/m1/s1. The van der Waals surface area contributed by atoms with Crippen LogP contribution in [0, 0.1) is 6.92 Å². The van der Waals surface area contributed by atoms with Crippen molar-refractivity contribution in [2.24, 2.45) is 0 Å². The van der Waals surface area contributed by atoms with Gasteiger partial charge in [0, 0.05) is 30.5 Å². The van der Waals surface area contributed by atoms with Crippen LogP contribution in [0.4, 0.5) is 0 Å². The number of rotatable bonds is 9. The van der Waals surface area contributed by atoms with Crippen molar-refractivity contribution in [3.05, 3.63) is 69.3 Å². The molecular weight excluding hydrogens is 470 g/mol. The summed E-state index contributed by atoms with van der Waals surface area (Å²) >= 11 is 0. The van der Waals surface area contributed by atoms with Crippen LogP contribution in [0.1, 0.15) is 34.8 Å². The summed E-state index contributed by atoms with van der Waals surface area (Å²) < 4.78 is 27.4. The molecule has 0 spiro atoms. The lowest BCUT2D eigenvalue weighted by Crippen LogP contribution is -2.29. The number of aryl methyl sites for hydroxylation is 1. The second-order valence-electron chi connectivity index (χ2n) is 8.23. The lowest BCUT2D eigenvalue weighted by atomic mass is 9.87. The van der Waals surface area contributed by atoms with Gasteiger partial charge in [-0.25, -0.2) is 4.79 Å². The van der Waals surface area contributed by atoms with E-state index >= 15 is 0 Å². The molecule has 1 atom stereocenters. The Bertz CT molecular complexity index is 1310. The molecule has 1 aliphatic rings. The molecule has 190 valence electrons. The van der Waals surface area contributed by atoms with E-state index in [-0.39, 0.29) is 53.4 Å². The minimum absolute atomic E-state index is 0.0498. The van der Waals surface area contributed by atoms with E-state index in [2.05, 4.69) is 5.32 Å². The Balaban J connectivity index is 1.69. The summed E-state index contributed by atoms with van der Waals surface area (Å²) in [7, 11) is 2.88. The SMILES string of the molecule is COc1cc([C@@H](CC(=O)NCCc2ccc(O)cc2)c2c(O)cc(C)oc2=O)c(OC)c2c1OCO2. The van der Waals surface area contributed by atoms with Gasteiger partial charge in [0.2, 0.25) is 24.2 Å². The molecule has 0 bridgehead atoms. The normalized spacial score (nSPS) is 12.8. The van der Waals surface area contributed by atoms with Crippen LogP contribution >= 0.6 is 0 Å². The number of carbonyl (C=O) groups excluding carboxylic acids is 1. The maximum atomic E-state index is 13.0. The number of fused-ring (bicyclic) bond motifs is 1. The van der Waals surface area contributed by atoms with Gasteiger partial charge in [0.05, 0.1) is 19.8 Å². The van der Waals surface area contributed by atoms with E-state index in [0.29, 0.717) is 30.0 Å². The molecule has 0 radical (unpaired) electrons. The molecule has 36 heavy (non-hydrogen) atoms. The third-order valence-electron chi connectivity index (χ3n) is 5.89. The van der Waals surface area contributed by atoms with Gasteiger partial charge in [0.25, 0.3) is 0 Å². The van der Waals surface area contributed by atoms with E-state index in [1.54, 1.807) is 37.3 Å². The maximum absolute atomic E-state index is 13.0. The molecule has 0 saturated heterocycles. The number of phenols is 1. The quantitative estimate of drug-likeness (QED) is 0.407. The Kier molecular flexibility index (Phi) is 7.23. The fraction of sp³-hybridized carbons (Fsp3) is 0.308. The minimum atomic E-state index is -0.950. The number of aromatic hydroxyl groups is 2. The second kappa shape index (κ2) is 10.5. The van der Waals surface area contributed by atoms with E-state index in [9.17, 15) is 19.8 Å². The predicted octanol–water partition coefficient (Wildman–Crippen LogP) is 2.99. The molecular formula is C26H27NO9. The van der Waals surface area contributed by atoms with Crippen LogP contribution < -0.4 is 29.9 Å². The van der Waals surface area contributed by atoms with Crippen LogP contribution in [0.5, 0.6) is 34.5 Å². The average Bonchev–Trinajstić information content (AvgIpc) is 3.33. The summed E-state index contributed by atoms with van der Waals surface area (Å²) in [5.41, 5.74) is 0.462. The fourth-order valence-corrected chi connectivity index (χ4v) is 4.21. The smallest absolute Gasteiger partial charge is 0.343 e. The van der Waals surface area contributed by atoms with E-state index in [0.717, 1.165) is 5.56 Å². The zero-order valence-electron chi connectivity index (χ0n) is 20.1. The van der Waals surface area contributed by atoms with Crippen LogP contribution in [0.15, 0.2) is 45.6 Å². The van der Waals surface area contributed by atoms with E-state index in [1.165, 1.54) is 20.3 Å². The number of phenolic OH excluding ortho intramolecular Hbond substituents is 1. The highest BCUT2D eigenvalue weighted by molar-refractivity contribution is 5.78. The summed E-state index contributed by atoms with van der Waals surface area (Å²) in [6, 6.07) is 9.60. The van der Waals surface area contributed by atoms with Gasteiger partial charge in [0.15, 0.2) is 11.5 Å². The Hall–Kier alpha value is -4.34. The van der Waals surface area contributed by atoms with Gasteiger partial charge in [-0.05, 0) is 37.1 Å². The molecule has 0 saturated carbocycles. The van der Waals surface area contributed by atoms with Crippen molar-refractivity contribution in [1.82, 2.24) is 5.32 Å². The number of methoxy groups -OCH3 is 2. The van der Waals surface area contributed by atoms with Gasteiger partial charge in [0.1, 0.15) is 17.3 Å². The van der Waals surface area contributed by atoms with Crippen LogP contribution in [0.2, 0.25) is 0 Å². The third kappa shape index (κ3) is 5.02. The van der Waals surface area contributed by atoms with E-state index in [4.69, 9.17) is 23.4 Å². The summed E-state index contributed by atoms with van der Waals surface area (Å²) in [6.45, 7) is 1.82. The molecule has 4 rings (SSSR count). The Labute approximate surface area is 207 Å². The molecule has 2 aromatic carbocycles. The predicted molar refractivity (Wildman–Crippen MR) is 128 cm³/mol. The monoisotopic (exact) mass is 497 g/mol. The molecule has 3 N–H and O–H groups in total. The van der Waals surface area contributed by atoms with Crippen molar-refractivity contribution in [2.45, 2.75) is 25.7 Å². The highest BCUT2D eigenvalue weighted by Gasteiger charge is 2.34. The highest BCUT2D eigenvalue weighted by atomic mass is 16.7. The molecule has 1 amide bonds. The zero-order valence-corrected chi connectivity index (χ0v) is 20.1. The van der Waals surface area contributed by atoms with Gasteiger partial charge in [-0.15, -0.1) is 0 Å². The first-order chi connectivity index (χ1) is 17.3. The largest absolute Gasteiger partial charge is 0.508 e. The van der Waals surface area contributed by atoms with E-state index in [1.807, 2.05) is 0 Å². The van der Waals surface area contributed by atoms with Gasteiger partial charge >= 0.3 is 5.63 Å². The van der Waals surface area contributed by atoms with Gasteiger partial charge in [-0.3, -0.25) is 4.79 Å². The molecule has 0 fully saturated rings. The van der Waals surface area contributed by atoms with Crippen molar-refractivity contribution >= 4 is 5.91 Å². The third-order valence-corrected chi connectivity index (χ3v) is 5.89. The number of amides is 1. The second-order valence-corrected chi connectivity index (χ2v) is 8.23.